The van der Waals surface area contributed by atoms with Crippen LogP contribution >= 0.6 is 27.3 Å². The summed E-state index contributed by atoms with van der Waals surface area (Å²) in [5.74, 6) is 0. The van der Waals surface area contributed by atoms with Crippen LogP contribution in [0.15, 0.2) is 39.5 Å². The summed E-state index contributed by atoms with van der Waals surface area (Å²) in [6.07, 6.45) is 2.52. The maximum Gasteiger partial charge on any atom is 0.0992 e. The summed E-state index contributed by atoms with van der Waals surface area (Å²) in [5.41, 5.74) is 3.24. The van der Waals surface area contributed by atoms with Crippen LogP contribution in [0.1, 0.15) is 24.0 Å². The average Bonchev–Trinajstić information content (AvgIpc) is 3.14. The fraction of sp³-hybridized carbons (Fsp3) is 0.267. The Morgan fingerprint density at radius 3 is 2.79 bits per heavy atom. The molecule has 0 N–H and O–H groups in total. The zero-order chi connectivity index (χ0) is 13.2. The second kappa shape index (κ2) is 5.36. The van der Waals surface area contributed by atoms with Crippen molar-refractivity contribution in [3.05, 3.63) is 50.6 Å². The second-order valence-electron chi connectivity index (χ2n) is 4.77. The molecule has 2 nitrogen and oxygen atoms in total. The van der Waals surface area contributed by atoms with Gasteiger partial charge in [-0.1, -0.05) is 0 Å². The molecule has 96 valence electrons. The van der Waals surface area contributed by atoms with Crippen LogP contribution in [-0.2, 0) is 6.54 Å². The highest BCUT2D eigenvalue weighted by Gasteiger charge is 2.30. The predicted octanol–water partition coefficient (Wildman–Crippen LogP) is 4.55. The van der Waals surface area contributed by atoms with Crippen LogP contribution in [-0.4, -0.2) is 6.04 Å². The molecule has 0 unspecified atom stereocenters. The Morgan fingerprint density at radius 2 is 2.21 bits per heavy atom. The van der Waals surface area contributed by atoms with Crippen molar-refractivity contribution < 1.29 is 0 Å². The molecule has 0 bridgehead atoms. The van der Waals surface area contributed by atoms with Crippen LogP contribution in [0.25, 0.3) is 0 Å². The van der Waals surface area contributed by atoms with Gasteiger partial charge < -0.3 is 4.90 Å². The highest BCUT2D eigenvalue weighted by atomic mass is 79.9. The Morgan fingerprint density at radius 1 is 1.37 bits per heavy atom. The summed E-state index contributed by atoms with van der Waals surface area (Å²) in [6.45, 7) is 0.943. The average molecular weight is 333 g/mol. The minimum Gasteiger partial charge on any atom is -0.363 e. The molecule has 0 atom stereocenters. The van der Waals surface area contributed by atoms with Gasteiger partial charge in [0.15, 0.2) is 0 Å². The lowest BCUT2D eigenvalue weighted by atomic mass is 10.2. The Bertz CT molecular complexity index is 612. The Kier molecular flexibility index (Phi) is 3.58. The zero-order valence-corrected chi connectivity index (χ0v) is 12.7. The van der Waals surface area contributed by atoms with E-state index in [2.05, 4.69) is 43.7 Å². The van der Waals surface area contributed by atoms with Gasteiger partial charge in [0.05, 0.1) is 17.3 Å². The first-order valence-corrected chi connectivity index (χ1v) is 7.99. The number of rotatable bonds is 4. The number of hydrogen-bond donors (Lipinski definition) is 0. The van der Waals surface area contributed by atoms with Gasteiger partial charge >= 0.3 is 0 Å². The van der Waals surface area contributed by atoms with Gasteiger partial charge in [-0.15, -0.1) is 0 Å². The summed E-state index contributed by atoms with van der Waals surface area (Å²) in [6, 6.07) is 10.8. The van der Waals surface area contributed by atoms with Crippen molar-refractivity contribution in [1.29, 1.82) is 5.26 Å². The molecule has 1 aliphatic carbocycles. The predicted molar refractivity (Wildman–Crippen MR) is 82.4 cm³/mol. The van der Waals surface area contributed by atoms with E-state index < -0.39 is 0 Å². The van der Waals surface area contributed by atoms with Crippen molar-refractivity contribution >= 4 is 33.0 Å². The molecule has 0 spiro atoms. The standard InChI is InChI=1S/C15H13BrN2S/c16-14-7-11(8-17)1-4-15(14)18(13-2-3-13)9-12-5-6-19-10-12/h1,4-7,10,13H,2-3,9H2. The van der Waals surface area contributed by atoms with Gasteiger partial charge in [0.1, 0.15) is 0 Å². The molecule has 1 aromatic carbocycles. The maximum absolute atomic E-state index is 8.94. The summed E-state index contributed by atoms with van der Waals surface area (Å²) in [5, 5.41) is 13.3. The molecule has 1 aromatic heterocycles. The summed E-state index contributed by atoms with van der Waals surface area (Å²) >= 11 is 5.34. The molecule has 1 heterocycles. The van der Waals surface area contributed by atoms with Crippen LogP contribution in [0.2, 0.25) is 0 Å². The highest BCUT2D eigenvalue weighted by molar-refractivity contribution is 9.10. The molecule has 0 radical (unpaired) electrons. The van der Waals surface area contributed by atoms with Crippen LogP contribution < -0.4 is 4.90 Å². The van der Waals surface area contributed by atoms with Crippen molar-refractivity contribution in [2.45, 2.75) is 25.4 Å². The largest absolute Gasteiger partial charge is 0.363 e. The molecule has 0 aliphatic heterocycles. The van der Waals surface area contributed by atoms with E-state index in [0.717, 1.165) is 11.0 Å². The third-order valence-corrected chi connectivity index (χ3v) is 4.67. The molecule has 3 rings (SSSR count). The molecule has 4 heteroatoms. The Balaban J connectivity index is 1.90. The van der Waals surface area contributed by atoms with Crippen molar-refractivity contribution in [2.75, 3.05) is 4.90 Å². The minimum atomic E-state index is 0.643. The Labute approximate surface area is 125 Å². The van der Waals surface area contributed by atoms with E-state index in [-0.39, 0.29) is 0 Å². The quantitative estimate of drug-likeness (QED) is 0.821. The van der Waals surface area contributed by atoms with Crippen molar-refractivity contribution in [1.82, 2.24) is 0 Å². The van der Waals surface area contributed by atoms with Gasteiger partial charge in [-0.05, 0) is 69.4 Å². The zero-order valence-electron chi connectivity index (χ0n) is 10.3. The van der Waals surface area contributed by atoms with Crippen molar-refractivity contribution in [3.8, 4) is 6.07 Å². The van der Waals surface area contributed by atoms with Crippen molar-refractivity contribution in [2.24, 2.45) is 0 Å². The fourth-order valence-corrected chi connectivity index (χ4v) is 3.45. The van der Waals surface area contributed by atoms with E-state index >= 15 is 0 Å². The monoisotopic (exact) mass is 332 g/mol. The van der Waals surface area contributed by atoms with Gasteiger partial charge in [0.2, 0.25) is 0 Å². The third kappa shape index (κ3) is 2.83. The van der Waals surface area contributed by atoms with Crippen LogP contribution in [0.5, 0.6) is 0 Å². The SMILES string of the molecule is N#Cc1ccc(N(Cc2ccsc2)C2CC2)c(Br)c1. The molecule has 2 aromatic rings. The number of anilines is 1. The second-order valence-corrected chi connectivity index (χ2v) is 6.40. The van der Waals surface area contributed by atoms with Gasteiger partial charge in [-0.3, -0.25) is 0 Å². The molecular formula is C15H13BrN2S. The van der Waals surface area contributed by atoms with Crippen LogP contribution in [0.4, 0.5) is 5.69 Å². The van der Waals surface area contributed by atoms with E-state index in [1.807, 2.05) is 18.2 Å². The smallest absolute Gasteiger partial charge is 0.0992 e. The van der Waals surface area contributed by atoms with Crippen molar-refractivity contribution in [3.63, 3.8) is 0 Å². The molecular weight excluding hydrogens is 320 g/mol. The molecule has 19 heavy (non-hydrogen) atoms. The summed E-state index contributed by atoms with van der Waals surface area (Å²) in [7, 11) is 0. The minimum absolute atomic E-state index is 0.643. The van der Waals surface area contributed by atoms with Gasteiger partial charge in [-0.2, -0.15) is 16.6 Å². The lowest BCUT2D eigenvalue weighted by Gasteiger charge is -2.25. The first kappa shape index (κ1) is 12.7. The Hall–Kier alpha value is -1.31. The van der Waals surface area contributed by atoms with Gasteiger partial charge in [-0.25, -0.2) is 0 Å². The molecule has 1 saturated carbocycles. The van der Waals surface area contributed by atoms with E-state index in [9.17, 15) is 0 Å². The lowest BCUT2D eigenvalue weighted by Crippen LogP contribution is -2.25. The van der Waals surface area contributed by atoms with E-state index in [0.29, 0.717) is 11.6 Å². The first-order chi connectivity index (χ1) is 9.28. The van der Waals surface area contributed by atoms with E-state index in [1.165, 1.54) is 24.1 Å². The lowest BCUT2D eigenvalue weighted by molar-refractivity contribution is 0.794. The molecule has 1 aliphatic rings. The van der Waals surface area contributed by atoms with Gasteiger partial charge in [0, 0.05) is 17.1 Å². The van der Waals surface area contributed by atoms with Gasteiger partial charge in [0.25, 0.3) is 0 Å². The number of thiophene rings is 1. The van der Waals surface area contributed by atoms with Crippen LogP contribution in [0, 0.1) is 11.3 Å². The molecule has 1 fully saturated rings. The number of hydrogen-bond acceptors (Lipinski definition) is 3. The van der Waals surface area contributed by atoms with Crippen LogP contribution in [0.3, 0.4) is 0 Å². The topological polar surface area (TPSA) is 27.0 Å². The number of halogens is 1. The van der Waals surface area contributed by atoms with E-state index in [1.54, 1.807) is 11.3 Å². The highest BCUT2D eigenvalue weighted by Crippen LogP contribution is 2.37. The first-order valence-electron chi connectivity index (χ1n) is 6.25. The number of nitriles is 1. The summed E-state index contributed by atoms with van der Waals surface area (Å²) in [4.78, 5) is 2.44. The third-order valence-electron chi connectivity index (χ3n) is 3.31. The fourth-order valence-electron chi connectivity index (χ4n) is 2.19. The maximum atomic E-state index is 8.94. The molecule has 0 saturated heterocycles. The summed E-state index contributed by atoms with van der Waals surface area (Å²) < 4.78 is 1.01. The normalized spacial score (nSPS) is 14.1. The molecule has 0 amide bonds. The van der Waals surface area contributed by atoms with E-state index in [4.69, 9.17) is 5.26 Å². The number of benzene rings is 1. The number of nitrogens with zero attached hydrogens (tertiary/aromatic N) is 2.